The van der Waals surface area contributed by atoms with Gasteiger partial charge in [0, 0.05) is 0 Å². The Labute approximate surface area is 206 Å². The minimum absolute atomic E-state index is 0.569. The number of allylic oxidation sites excluding steroid dienone is 4. The van der Waals surface area contributed by atoms with Crippen LogP contribution in [0.25, 0.3) is 0 Å². The molecule has 0 fully saturated rings. The van der Waals surface area contributed by atoms with Crippen molar-refractivity contribution in [2.75, 3.05) is 0 Å². The van der Waals surface area contributed by atoms with Crippen molar-refractivity contribution in [1.29, 1.82) is 0 Å². The first kappa shape index (κ1) is 26.7. The van der Waals surface area contributed by atoms with E-state index in [1.54, 1.807) is 32.3 Å². The Kier molecular flexibility index (Phi) is 6.73. The van der Waals surface area contributed by atoms with Crippen LogP contribution in [0.2, 0.25) is 41.9 Å². The number of benzene rings is 2. The molecule has 0 heterocycles. The molecule has 1 aliphatic carbocycles. The van der Waals surface area contributed by atoms with E-state index in [1.165, 1.54) is 11.1 Å². The molecule has 0 bridgehead atoms. The second kappa shape index (κ2) is 8.33. The number of rotatable bonds is 5. The Morgan fingerprint density at radius 3 is 1.76 bits per heavy atom. The van der Waals surface area contributed by atoms with E-state index in [0.29, 0.717) is 5.92 Å². The summed E-state index contributed by atoms with van der Waals surface area (Å²) in [6.45, 7) is 24.5. The van der Waals surface area contributed by atoms with Crippen LogP contribution >= 0.6 is 0 Å². The van der Waals surface area contributed by atoms with Crippen LogP contribution in [0.5, 0.6) is 0 Å². The van der Waals surface area contributed by atoms with Crippen molar-refractivity contribution in [1.82, 2.24) is 0 Å². The van der Waals surface area contributed by atoms with Gasteiger partial charge in [-0.15, -0.1) is 0 Å². The maximum atomic E-state index is 2.77. The van der Waals surface area contributed by atoms with Crippen LogP contribution in [0.4, 0.5) is 0 Å². The van der Waals surface area contributed by atoms with Crippen LogP contribution in [0.15, 0.2) is 63.1 Å². The van der Waals surface area contributed by atoms with Gasteiger partial charge in [-0.05, 0) is 0 Å². The molecule has 0 saturated carbocycles. The predicted octanol–water partition coefficient (Wildman–Crippen LogP) is 7.63. The molecule has 0 amide bonds. The third-order valence-electron chi connectivity index (χ3n) is 9.54. The van der Waals surface area contributed by atoms with Crippen LogP contribution in [-0.2, 0) is 14.6 Å². The van der Waals surface area contributed by atoms with E-state index >= 15 is 0 Å². The van der Waals surface area contributed by atoms with Gasteiger partial charge in [0.25, 0.3) is 0 Å². The van der Waals surface area contributed by atoms with Gasteiger partial charge >= 0.3 is 208 Å². The molecule has 3 heteroatoms. The Balaban J connectivity index is 2.48. The van der Waals surface area contributed by atoms with Crippen molar-refractivity contribution in [3.05, 3.63) is 74.2 Å². The summed E-state index contributed by atoms with van der Waals surface area (Å²) < 4.78 is 1.84. The summed E-state index contributed by atoms with van der Waals surface area (Å²) in [6.07, 6.45) is 0. The van der Waals surface area contributed by atoms with Gasteiger partial charge in [-0.1, -0.05) is 0 Å². The quantitative estimate of drug-likeness (QED) is 0.362. The first-order chi connectivity index (χ1) is 14.9. The summed E-state index contributed by atoms with van der Waals surface area (Å²) in [7, 11) is -1.43. The summed E-state index contributed by atoms with van der Waals surface area (Å²) >= 11 is -3.29. The maximum absolute atomic E-state index is 3.29. The summed E-state index contributed by atoms with van der Waals surface area (Å²) in [5, 5.41) is 13.3. The van der Waals surface area contributed by atoms with E-state index in [4.69, 9.17) is 0 Å². The van der Waals surface area contributed by atoms with Crippen LogP contribution in [0, 0.1) is 19.8 Å². The summed E-state index contributed by atoms with van der Waals surface area (Å²) in [5.74, 6) is -1.55. The standard InChI is InChI=1S/C18H25Si2.C9H13.3CH3.Ti/c1-14-11-16(13-17(12-14)20(4,5)6)19(3)18-10-8-7-9-15(18)2;1-6-5-7(2)9(4)8(6)3;;;;/h7-13H,1-6H3;6H,1-4H3;3*1H3;. The van der Waals surface area contributed by atoms with Gasteiger partial charge in [0.15, 0.2) is 0 Å². The molecule has 2 aromatic rings. The first-order valence-electron chi connectivity index (χ1n) is 12.7. The zero-order valence-electron chi connectivity index (χ0n) is 23.6. The van der Waals surface area contributed by atoms with Crippen LogP contribution in [-0.4, -0.2) is 14.0 Å². The molecule has 33 heavy (non-hydrogen) atoms. The van der Waals surface area contributed by atoms with Gasteiger partial charge in [0.1, 0.15) is 0 Å². The zero-order valence-corrected chi connectivity index (χ0v) is 27.2. The first-order valence-corrected chi connectivity index (χ1v) is 26.5. The summed E-state index contributed by atoms with van der Waals surface area (Å²) in [5.41, 5.74) is 7.67. The molecule has 0 radical (unpaired) electrons. The number of hydrogen-bond donors (Lipinski definition) is 0. The predicted molar refractivity (Wildman–Crippen MR) is 154 cm³/mol. The molecule has 2 aromatic carbocycles. The zero-order chi connectivity index (χ0) is 25.2. The molecule has 2 unspecified atom stereocenters. The van der Waals surface area contributed by atoms with E-state index in [0.717, 1.165) is 0 Å². The monoisotopic (exact) mass is 511 g/mol. The summed E-state index contributed by atoms with van der Waals surface area (Å²) in [6, 6.07) is 17.1. The second-order valence-electron chi connectivity index (χ2n) is 13.5. The van der Waals surface area contributed by atoms with Crippen LogP contribution in [0.3, 0.4) is 0 Å². The van der Waals surface area contributed by atoms with Gasteiger partial charge in [0.2, 0.25) is 0 Å². The number of aryl methyl sites for hydroxylation is 2. The van der Waals surface area contributed by atoms with Gasteiger partial charge in [-0.2, -0.15) is 0 Å². The molecule has 0 aliphatic heterocycles. The molecule has 0 saturated heterocycles. The number of hydrogen-bond acceptors (Lipinski definition) is 0. The van der Waals surface area contributed by atoms with Crippen molar-refractivity contribution in [2.45, 2.75) is 83.4 Å². The molecular formula is C30H47Si2Ti. The molecule has 2 atom stereocenters. The van der Waals surface area contributed by atoms with Gasteiger partial charge in [-0.3, -0.25) is 0 Å². The van der Waals surface area contributed by atoms with Crippen LogP contribution in [0.1, 0.15) is 38.8 Å². The Hall–Kier alpha value is -0.932. The Morgan fingerprint density at radius 2 is 1.27 bits per heavy atom. The molecule has 0 N–H and O–H groups in total. The molecular weight excluding hydrogens is 464 g/mol. The molecule has 0 spiro atoms. The average molecular weight is 512 g/mol. The van der Waals surface area contributed by atoms with Crippen molar-refractivity contribution < 1.29 is 14.6 Å². The molecule has 0 nitrogen and oxygen atoms in total. The van der Waals surface area contributed by atoms with E-state index in [-0.39, 0.29) is 0 Å². The third kappa shape index (κ3) is 4.09. The molecule has 179 valence electrons. The second-order valence-corrected chi connectivity index (χ2v) is 44.4. The topological polar surface area (TPSA) is 0 Å². The fourth-order valence-electron chi connectivity index (χ4n) is 6.82. The van der Waals surface area contributed by atoms with Crippen molar-refractivity contribution in [3.8, 4) is 0 Å². The fraction of sp³-hybridized carbons (Fsp3) is 0.467. The van der Waals surface area contributed by atoms with Crippen molar-refractivity contribution in [2.24, 2.45) is 5.92 Å². The van der Waals surface area contributed by atoms with Crippen LogP contribution < -0.4 is 15.6 Å². The Morgan fingerprint density at radius 1 is 0.727 bits per heavy atom. The van der Waals surface area contributed by atoms with E-state index in [1.807, 2.05) is 3.88 Å². The average Bonchev–Trinajstić information content (AvgIpc) is 2.89. The van der Waals surface area contributed by atoms with E-state index < -0.39 is 28.6 Å². The minimum atomic E-state index is -3.29. The van der Waals surface area contributed by atoms with Crippen molar-refractivity contribution in [3.63, 3.8) is 0 Å². The fourth-order valence-corrected chi connectivity index (χ4v) is 33.7. The Bertz CT molecular complexity index is 1170. The van der Waals surface area contributed by atoms with Gasteiger partial charge in [-0.25, -0.2) is 0 Å². The van der Waals surface area contributed by atoms with Crippen molar-refractivity contribution >= 4 is 29.6 Å². The molecule has 1 aliphatic rings. The third-order valence-corrected chi connectivity index (χ3v) is 42.5. The van der Waals surface area contributed by atoms with Gasteiger partial charge < -0.3 is 0 Å². The SMILES string of the molecule is CC1=C(C)C(C)[C]([Ti]([CH3])([CH3])([CH3])[Si](C)(c2cc(C)cc([Si](C)(C)C)c2)c2ccccc2C)=C1C. The van der Waals surface area contributed by atoms with E-state index in [9.17, 15) is 0 Å². The molecule has 3 rings (SSSR count). The van der Waals surface area contributed by atoms with E-state index in [2.05, 4.69) is 126 Å². The molecule has 0 aromatic heterocycles. The normalized spacial score (nSPS) is 20.6. The summed E-state index contributed by atoms with van der Waals surface area (Å²) in [4.78, 5) is 0. The van der Waals surface area contributed by atoms with Gasteiger partial charge in [0.05, 0.1) is 0 Å².